The smallest absolute Gasteiger partial charge is 0.0112 e. The summed E-state index contributed by atoms with van der Waals surface area (Å²) in [5, 5.41) is 0. The molecule has 0 spiro atoms. The molecule has 2 saturated carbocycles. The highest BCUT2D eigenvalue weighted by atomic mass is 14.6. The minimum atomic E-state index is 0.357. The van der Waals surface area contributed by atoms with E-state index in [1.165, 1.54) is 44.9 Å². The number of allylic oxidation sites excluding steroid dienone is 3. The lowest BCUT2D eigenvalue weighted by Gasteiger charge is -2.59. The Kier molecular flexibility index (Phi) is 3.23. The summed E-state index contributed by atoms with van der Waals surface area (Å²) in [6.07, 6.45) is 14.5. The molecule has 0 aromatic rings. The monoisotopic (exact) mass is 272 g/mol. The maximum absolute atomic E-state index is 4.09. The van der Waals surface area contributed by atoms with E-state index >= 15 is 0 Å². The van der Waals surface area contributed by atoms with Crippen molar-refractivity contribution in [3.63, 3.8) is 0 Å². The highest BCUT2D eigenvalue weighted by molar-refractivity contribution is 5.24. The van der Waals surface area contributed by atoms with Crippen LogP contribution in [0.25, 0.3) is 0 Å². The number of hydrogen-bond acceptors (Lipinski definition) is 0. The lowest BCUT2D eigenvalue weighted by atomic mass is 9.46. The molecular formula is C20H32. The highest BCUT2D eigenvalue weighted by Crippen LogP contribution is 2.63. The van der Waals surface area contributed by atoms with Gasteiger partial charge in [0.1, 0.15) is 0 Å². The molecule has 112 valence electrons. The fraction of sp³-hybridized carbons (Fsp3) is 0.800. The van der Waals surface area contributed by atoms with Crippen molar-refractivity contribution in [2.75, 3.05) is 0 Å². The molecule has 0 nitrogen and oxygen atoms in total. The minimum absolute atomic E-state index is 0.357. The summed E-state index contributed by atoms with van der Waals surface area (Å²) in [7, 11) is 0. The van der Waals surface area contributed by atoms with Crippen molar-refractivity contribution in [1.29, 1.82) is 0 Å². The van der Waals surface area contributed by atoms with Gasteiger partial charge in [-0.15, -0.1) is 6.58 Å². The second kappa shape index (κ2) is 4.49. The molecular weight excluding hydrogens is 240 g/mol. The molecule has 3 aliphatic carbocycles. The first-order valence-corrected chi connectivity index (χ1v) is 8.63. The van der Waals surface area contributed by atoms with Crippen LogP contribution in [-0.2, 0) is 0 Å². The molecule has 0 bridgehead atoms. The number of fused-ring (bicyclic) bond motifs is 3. The first-order chi connectivity index (χ1) is 9.31. The first kappa shape index (κ1) is 14.4. The second-order valence-electron chi connectivity index (χ2n) is 9.04. The molecule has 0 aromatic heterocycles. The van der Waals surface area contributed by atoms with Gasteiger partial charge in [-0.05, 0) is 66.6 Å². The lowest BCUT2D eigenvalue weighted by molar-refractivity contribution is -0.0489. The Labute approximate surface area is 125 Å². The molecule has 0 aromatic carbocycles. The Morgan fingerprint density at radius 2 is 1.90 bits per heavy atom. The van der Waals surface area contributed by atoms with E-state index in [1.807, 2.05) is 0 Å². The van der Waals surface area contributed by atoms with Crippen LogP contribution in [0.15, 0.2) is 24.3 Å². The van der Waals surface area contributed by atoms with Gasteiger partial charge in [0.15, 0.2) is 0 Å². The molecule has 20 heavy (non-hydrogen) atoms. The van der Waals surface area contributed by atoms with Gasteiger partial charge in [-0.2, -0.15) is 0 Å². The summed E-state index contributed by atoms with van der Waals surface area (Å²) < 4.78 is 0. The van der Waals surface area contributed by atoms with Crippen molar-refractivity contribution in [3.05, 3.63) is 24.3 Å². The van der Waals surface area contributed by atoms with Gasteiger partial charge in [-0.25, -0.2) is 0 Å². The zero-order valence-corrected chi connectivity index (χ0v) is 14.0. The molecule has 0 N–H and O–H groups in total. The molecule has 0 radical (unpaired) electrons. The van der Waals surface area contributed by atoms with E-state index < -0.39 is 0 Å². The Morgan fingerprint density at radius 1 is 1.15 bits per heavy atom. The van der Waals surface area contributed by atoms with Gasteiger partial charge in [0.05, 0.1) is 0 Å². The topological polar surface area (TPSA) is 0 Å². The zero-order chi connectivity index (χ0) is 14.6. The van der Waals surface area contributed by atoms with Gasteiger partial charge in [-0.1, -0.05) is 51.8 Å². The fourth-order valence-electron chi connectivity index (χ4n) is 5.92. The van der Waals surface area contributed by atoms with Crippen molar-refractivity contribution >= 4 is 0 Å². The summed E-state index contributed by atoms with van der Waals surface area (Å²) in [6, 6.07) is 0. The third-order valence-electron chi connectivity index (χ3n) is 7.24. The summed E-state index contributed by atoms with van der Waals surface area (Å²) in [4.78, 5) is 0. The predicted molar refractivity (Wildman–Crippen MR) is 87.6 cm³/mol. The SMILES string of the molecule is C=CC1(C)CC[C@@H]2C(=CCC3C(C)(C)CCC[C@@]32C)C1. The lowest BCUT2D eigenvalue weighted by Crippen LogP contribution is -2.50. The van der Waals surface area contributed by atoms with Crippen molar-refractivity contribution in [1.82, 2.24) is 0 Å². The quantitative estimate of drug-likeness (QED) is 0.503. The Hall–Kier alpha value is -0.520. The van der Waals surface area contributed by atoms with Crippen molar-refractivity contribution < 1.29 is 0 Å². The Morgan fingerprint density at radius 3 is 2.60 bits per heavy atom. The van der Waals surface area contributed by atoms with E-state index in [9.17, 15) is 0 Å². The predicted octanol–water partition coefficient (Wildman–Crippen LogP) is 6.14. The average molecular weight is 272 g/mol. The van der Waals surface area contributed by atoms with Crippen molar-refractivity contribution in [2.24, 2.45) is 28.1 Å². The molecule has 2 fully saturated rings. The first-order valence-electron chi connectivity index (χ1n) is 8.63. The van der Waals surface area contributed by atoms with E-state index in [2.05, 4.69) is 46.4 Å². The zero-order valence-electron chi connectivity index (χ0n) is 14.0. The standard InChI is InChI=1S/C20H32/c1-6-19(4)13-10-16-15(14-19)8-9-17-18(2,3)11-7-12-20(16,17)5/h6,8,16-17H,1,7,9-14H2,2-5H3/t16-,17?,19?,20-/m1/s1. The molecule has 4 atom stereocenters. The summed E-state index contributed by atoms with van der Waals surface area (Å²) in [6.45, 7) is 14.1. The van der Waals surface area contributed by atoms with Crippen LogP contribution in [-0.4, -0.2) is 0 Å². The minimum Gasteiger partial charge on any atom is -0.103 e. The van der Waals surface area contributed by atoms with E-state index in [0.717, 1.165) is 11.8 Å². The van der Waals surface area contributed by atoms with Crippen LogP contribution in [0.1, 0.15) is 72.6 Å². The van der Waals surface area contributed by atoms with Crippen LogP contribution >= 0.6 is 0 Å². The van der Waals surface area contributed by atoms with E-state index in [0.29, 0.717) is 16.2 Å². The van der Waals surface area contributed by atoms with Crippen molar-refractivity contribution in [2.45, 2.75) is 72.6 Å². The van der Waals surface area contributed by atoms with Gasteiger partial charge in [0, 0.05) is 0 Å². The van der Waals surface area contributed by atoms with Gasteiger partial charge >= 0.3 is 0 Å². The molecule has 3 aliphatic rings. The van der Waals surface area contributed by atoms with Crippen LogP contribution < -0.4 is 0 Å². The third kappa shape index (κ3) is 2.02. The van der Waals surface area contributed by atoms with Crippen LogP contribution in [0.5, 0.6) is 0 Å². The van der Waals surface area contributed by atoms with Crippen LogP contribution in [0.2, 0.25) is 0 Å². The molecule has 0 heterocycles. The summed E-state index contributed by atoms with van der Waals surface area (Å²) in [5.74, 6) is 1.75. The molecule has 0 saturated heterocycles. The van der Waals surface area contributed by atoms with Crippen LogP contribution in [0.3, 0.4) is 0 Å². The van der Waals surface area contributed by atoms with Gasteiger partial charge < -0.3 is 0 Å². The normalized spacial score (nSPS) is 46.9. The van der Waals surface area contributed by atoms with Crippen molar-refractivity contribution in [3.8, 4) is 0 Å². The second-order valence-corrected chi connectivity index (χ2v) is 9.04. The van der Waals surface area contributed by atoms with E-state index in [4.69, 9.17) is 0 Å². The summed E-state index contributed by atoms with van der Waals surface area (Å²) >= 11 is 0. The van der Waals surface area contributed by atoms with Gasteiger partial charge in [0.2, 0.25) is 0 Å². The maximum atomic E-state index is 4.09. The molecule has 3 rings (SSSR count). The van der Waals surface area contributed by atoms with E-state index in [-0.39, 0.29) is 0 Å². The molecule has 0 heteroatoms. The molecule has 2 unspecified atom stereocenters. The van der Waals surface area contributed by atoms with Crippen LogP contribution in [0.4, 0.5) is 0 Å². The average Bonchev–Trinajstić information content (AvgIpc) is 2.37. The molecule has 0 aliphatic heterocycles. The summed E-state index contributed by atoms with van der Waals surface area (Å²) in [5.41, 5.74) is 3.23. The third-order valence-corrected chi connectivity index (χ3v) is 7.24. The van der Waals surface area contributed by atoms with Gasteiger partial charge in [0.25, 0.3) is 0 Å². The Bertz CT molecular complexity index is 441. The van der Waals surface area contributed by atoms with Crippen LogP contribution in [0, 0.1) is 28.1 Å². The van der Waals surface area contributed by atoms with Gasteiger partial charge in [-0.3, -0.25) is 0 Å². The highest BCUT2D eigenvalue weighted by Gasteiger charge is 2.53. The number of hydrogen-bond donors (Lipinski definition) is 0. The molecule has 0 amide bonds. The largest absolute Gasteiger partial charge is 0.103 e. The Balaban J connectivity index is 1.94. The fourth-order valence-corrected chi connectivity index (χ4v) is 5.92. The van der Waals surface area contributed by atoms with E-state index in [1.54, 1.807) is 5.57 Å². The maximum Gasteiger partial charge on any atom is -0.0112 e. The number of rotatable bonds is 1.